The summed E-state index contributed by atoms with van der Waals surface area (Å²) >= 11 is 0. The van der Waals surface area contributed by atoms with Gasteiger partial charge < -0.3 is 34.5 Å². The number of hydrogen-bond donors (Lipinski definition) is 5. The second-order valence-corrected chi connectivity index (χ2v) is 13.1. The molecular formula is C45H28N4O6. The molecule has 0 saturated carbocycles. The minimum absolute atomic E-state index is 0.136. The normalized spacial score (nSPS) is 11.6. The second-order valence-electron chi connectivity index (χ2n) is 13.1. The molecule has 0 bridgehead atoms. The van der Waals surface area contributed by atoms with Crippen molar-refractivity contribution in [3.05, 3.63) is 140 Å². The Morgan fingerprint density at radius 1 is 0.418 bits per heavy atom. The Balaban J connectivity index is 1.36. The number of fused-ring (bicyclic) bond motifs is 6. The van der Waals surface area contributed by atoms with Crippen LogP contribution >= 0.6 is 0 Å². The highest BCUT2D eigenvalue weighted by molar-refractivity contribution is 6.18. The third-order valence-electron chi connectivity index (χ3n) is 10.0. The molecule has 264 valence electrons. The van der Waals surface area contributed by atoms with Crippen LogP contribution in [0.15, 0.2) is 144 Å². The maximum absolute atomic E-state index is 11.0. The van der Waals surface area contributed by atoms with Crippen molar-refractivity contribution in [1.29, 1.82) is 0 Å². The Bertz CT molecular complexity index is 3130. The summed E-state index contributed by atoms with van der Waals surface area (Å²) < 4.78 is 8.88. The minimum Gasteiger partial charge on any atom is -0.504 e. The van der Waals surface area contributed by atoms with Crippen molar-refractivity contribution in [2.24, 2.45) is 0 Å². The molecule has 0 unspecified atom stereocenters. The van der Waals surface area contributed by atoms with E-state index in [-0.39, 0.29) is 17.5 Å². The predicted octanol–water partition coefficient (Wildman–Crippen LogP) is 10.1. The summed E-state index contributed by atoms with van der Waals surface area (Å²) in [4.78, 5) is 14.3. The summed E-state index contributed by atoms with van der Waals surface area (Å²) in [5.41, 5.74) is 6.42. The van der Waals surface area contributed by atoms with Crippen molar-refractivity contribution in [2.45, 2.75) is 0 Å². The molecule has 10 aromatic rings. The summed E-state index contributed by atoms with van der Waals surface area (Å²) in [6.45, 7) is 0. The zero-order valence-electron chi connectivity index (χ0n) is 28.7. The molecule has 0 aliphatic rings. The minimum atomic E-state index is -1.09. The van der Waals surface area contributed by atoms with E-state index < -0.39 is 34.3 Å². The number of para-hydroxylation sites is 2. The lowest BCUT2D eigenvalue weighted by atomic mass is 9.99. The van der Waals surface area contributed by atoms with Gasteiger partial charge in [0.15, 0.2) is 34.6 Å². The van der Waals surface area contributed by atoms with Crippen LogP contribution in [0.2, 0.25) is 0 Å². The fraction of sp³-hybridized carbons (Fsp3) is 0. The van der Waals surface area contributed by atoms with E-state index in [9.17, 15) is 25.5 Å². The molecule has 0 radical (unpaired) electrons. The van der Waals surface area contributed by atoms with Gasteiger partial charge in [-0.05, 0) is 41.5 Å². The molecule has 0 aliphatic heterocycles. The van der Waals surface area contributed by atoms with Gasteiger partial charge in [-0.15, -0.1) is 0 Å². The van der Waals surface area contributed by atoms with Crippen LogP contribution < -0.4 is 0 Å². The van der Waals surface area contributed by atoms with Gasteiger partial charge in [0.1, 0.15) is 16.8 Å². The lowest BCUT2D eigenvalue weighted by molar-refractivity contribution is 0.329. The number of phenols is 5. The molecule has 0 spiro atoms. The number of benzene rings is 7. The molecule has 0 amide bonds. The van der Waals surface area contributed by atoms with Crippen LogP contribution in [-0.4, -0.2) is 45.1 Å². The molecule has 0 saturated heterocycles. The molecule has 5 N–H and O–H groups in total. The Morgan fingerprint density at radius 3 is 1.75 bits per heavy atom. The summed E-state index contributed by atoms with van der Waals surface area (Å²) in [5.74, 6) is -4.98. The molecule has 10 rings (SSSR count). The Hall–Kier alpha value is -7.85. The quantitative estimate of drug-likeness (QED) is 0.0862. The molecule has 10 heteroatoms. The van der Waals surface area contributed by atoms with E-state index in [1.165, 1.54) is 0 Å². The average Bonchev–Trinajstić information content (AvgIpc) is 3.78. The topological polar surface area (TPSA) is 158 Å². The van der Waals surface area contributed by atoms with Crippen LogP contribution in [0, 0.1) is 0 Å². The van der Waals surface area contributed by atoms with E-state index in [0.717, 1.165) is 43.7 Å². The summed E-state index contributed by atoms with van der Waals surface area (Å²) in [5, 5.41) is 57.2. The lowest BCUT2D eigenvalue weighted by Crippen LogP contribution is -2.04. The van der Waals surface area contributed by atoms with Crippen LogP contribution in [-0.2, 0) is 0 Å². The van der Waals surface area contributed by atoms with Crippen molar-refractivity contribution < 1.29 is 29.9 Å². The number of nitrogens with zero attached hydrogens (tertiary/aromatic N) is 4. The first-order valence-corrected chi connectivity index (χ1v) is 17.4. The third kappa shape index (κ3) is 4.78. The van der Waals surface area contributed by atoms with Crippen LogP contribution in [0.4, 0.5) is 0 Å². The van der Waals surface area contributed by atoms with Gasteiger partial charge in [0.2, 0.25) is 17.2 Å². The molecule has 7 aromatic carbocycles. The zero-order chi connectivity index (χ0) is 37.4. The summed E-state index contributed by atoms with van der Waals surface area (Å²) in [6, 6.07) is 45.3. The first-order valence-electron chi connectivity index (χ1n) is 17.4. The Kier molecular flexibility index (Phi) is 7.01. The first-order chi connectivity index (χ1) is 26.9. The van der Waals surface area contributed by atoms with Gasteiger partial charge in [0.25, 0.3) is 0 Å². The van der Waals surface area contributed by atoms with E-state index in [0.29, 0.717) is 28.0 Å². The van der Waals surface area contributed by atoms with E-state index in [2.05, 4.69) is 45.9 Å². The molecule has 3 heterocycles. The standard InChI is InChI=1S/C45H28N4O6/c50-37-35(38(51)40(53)41(54)39(37)52)45-47-43(25-14-5-2-6-15-25)46-44(48-45)30-23-22-28-27-16-8-10-21-33(27)55-42(28)36(30)49-31-19-9-7-17-29(31)34-26(18-11-20-32(34)49)24-12-3-1-4-13-24/h1-23,50-54H. The first kappa shape index (κ1) is 31.9. The SMILES string of the molecule is Oc1c(O)c(O)c(-c2nc(-c3ccccc3)nc(-c3ccc4c(oc5ccccc54)c3-n3c4ccccc4c4c(-c5ccccc5)cccc43)n2)c(O)c1O. The average molecular weight is 721 g/mol. The highest BCUT2D eigenvalue weighted by Crippen LogP contribution is 2.54. The smallest absolute Gasteiger partial charge is 0.208 e. The van der Waals surface area contributed by atoms with E-state index in [1.807, 2.05) is 91.0 Å². The molecule has 3 aromatic heterocycles. The number of phenolic OH excluding ortho intramolecular Hbond substituents is 5. The molecular weight excluding hydrogens is 693 g/mol. The molecule has 10 nitrogen and oxygen atoms in total. The summed E-state index contributed by atoms with van der Waals surface area (Å²) in [6.07, 6.45) is 0. The van der Waals surface area contributed by atoms with Crippen molar-refractivity contribution in [3.8, 4) is 79.7 Å². The molecule has 0 aliphatic carbocycles. The van der Waals surface area contributed by atoms with Gasteiger partial charge in [-0.1, -0.05) is 109 Å². The maximum atomic E-state index is 11.0. The largest absolute Gasteiger partial charge is 0.504 e. The fourth-order valence-corrected chi connectivity index (χ4v) is 7.52. The van der Waals surface area contributed by atoms with Gasteiger partial charge in [-0.3, -0.25) is 0 Å². The predicted molar refractivity (Wildman–Crippen MR) is 212 cm³/mol. The number of aromatic hydroxyl groups is 5. The monoisotopic (exact) mass is 720 g/mol. The molecule has 55 heavy (non-hydrogen) atoms. The van der Waals surface area contributed by atoms with Gasteiger partial charge in [0.05, 0.1) is 11.0 Å². The maximum Gasteiger partial charge on any atom is 0.208 e. The second kappa shape index (κ2) is 12.1. The Morgan fingerprint density at radius 2 is 1.00 bits per heavy atom. The number of hydrogen-bond acceptors (Lipinski definition) is 9. The van der Waals surface area contributed by atoms with Crippen LogP contribution in [0.5, 0.6) is 28.7 Å². The fourth-order valence-electron chi connectivity index (χ4n) is 7.52. The van der Waals surface area contributed by atoms with Crippen molar-refractivity contribution in [3.63, 3.8) is 0 Å². The molecule has 0 atom stereocenters. The van der Waals surface area contributed by atoms with Crippen LogP contribution in [0.25, 0.3) is 94.7 Å². The summed E-state index contributed by atoms with van der Waals surface area (Å²) in [7, 11) is 0. The van der Waals surface area contributed by atoms with Crippen molar-refractivity contribution in [1.82, 2.24) is 19.5 Å². The third-order valence-corrected chi connectivity index (χ3v) is 10.0. The number of furan rings is 1. The van der Waals surface area contributed by atoms with Crippen molar-refractivity contribution in [2.75, 3.05) is 0 Å². The van der Waals surface area contributed by atoms with E-state index >= 15 is 0 Å². The lowest BCUT2D eigenvalue weighted by Gasteiger charge is -2.16. The van der Waals surface area contributed by atoms with E-state index in [1.54, 1.807) is 12.1 Å². The highest BCUT2D eigenvalue weighted by atomic mass is 16.4. The van der Waals surface area contributed by atoms with Gasteiger partial charge in [0, 0.05) is 32.7 Å². The van der Waals surface area contributed by atoms with Gasteiger partial charge in [-0.2, -0.15) is 0 Å². The number of rotatable bonds is 5. The van der Waals surface area contributed by atoms with Crippen molar-refractivity contribution >= 4 is 43.7 Å². The zero-order valence-corrected chi connectivity index (χ0v) is 28.7. The van der Waals surface area contributed by atoms with E-state index in [4.69, 9.17) is 14.4 Å². The van der Waals surface area contributed by atoms with Crippen LogP contribution in [0.3, 0.4) is 0 Å². The van der Waals surface area contributed by atoms with Gasteiger partial charge in [-0.25, -0.2) is 15.0 Å². The van der Waals surface area contributed by atoms with Gasteiger partial charge >= 0.3 is 0 Å². The highest BCUT2D eigenvalue weighted by Gasteiger charge is 2.29. The number of aromatic nitrogens is 4. The van der Waals surface area contributed by atoms with Crippen LogP contribution in [0.1, 0.15) is 0 Å². The Labute approximate surface area is 311 Å². The molecule has 0 fully saturated rings.